The minimum atomic E-state index is 0.139. The summed E-state index contributed by atoms with van der Waals surface area (Å²) >= 11 is 0. The van der Waals surface area contributed by atoms with Crippen molar-refractivity contribution in [2.24, 2.45) is 0 Å². The summed E-state index contributed by atoms with van der Waals surface area (Å²) in [5.41, 5.74) is 0. The van der Waals surface area contributed by atoms with Gasteiger partial charge in [0.15, 0.2) is 0 Å². The van der Waals surface area contributed by atoms with Gasteiger partial charge in [-0.3, -0.25) is 4.98 Å². The van der Waals surface area contributed by atoms with Crippen LogP contribution in [0.5, 0.6) is 5.88 Å². The van der Waals surface area contributed by atoms with Gasteiger partial charge >= 0.3 is 0 Å². The Hall–Kier alpha value is -1.32. The number of aromatic nitrogens is 2. The van der Waals surface area contributed by atoms with Crippen LogP contribution in [0, 0.1) is 0 Å². The van der Waals surface area contributed by atoms with Crippen LogP contribution in [-0.2, 0) is 0 Å². The molecule has 4 nitrogen and oxygen atoms in total. The zero-order valence-electron chi connectivity index (χ0n) is 8.53. The maximum absolute atomic E-state index is 5.44. The zero-order chi connectivity index (χ0) is 9.97. The number of anilines is 1. The SMILES string of the molecule is CC(C)Oc1cncc(NC2CC2)n1. The summed E-state index contributed by atoms with van der Waals surface area (Å²) in [6, 6.07) is 0.596. The molecular formula is C10H15N3O. The van der Waals surface area contributed by atoms with Crippen molar-refractivity contribution >= 4 is 5.82 Å². The zero-order valence-corrected chi connectivity index (χ0v) is 8.53. The Morgan fingerprint density at radius 2 is 2.21 bits per heavy atom. The maximum atomic E-state index is 5.44. The fraction of sp³-hybridized carbons (Fsp3) is 0.600. The lowest BCUT2D eigenvalue weighted by atomic mass is 10.5. The number of rotatable bonds is 4. The minimum Gasteiger partial charge on any atom is -0.474 e. The summed E-state index contributed by atoms with van der Waals surface area (Å²) in [5, 5.41) is 3.28. The van der Waals surface area contributed by atoms with E-state index >= 15 is 0 Å². The summed E-state index contributed by atoms with van der Waals surface area (Å²) in [4.78, 5) is 8.37. The van der Waals surface area contributed by atoms with Crippen LogP contribution in [0.15, 0.2) is 12.4 Å². The third-order valence-electron chi connectivity index (χ3n) is 1.90. The fourth-order valence-corrected chi connectivity index (χ4v) is 1.15. The van der Waals surface area contributed by atoms with Gasteiger partial charge in [-0.1, -0.05) is 0 Å². The number of hydrogen-bond donors (Lipinski definition) is 1. The molecule has 0 saturated heterocycles. The summed E-state index contributed by atoms with van der Waals surface area (Å²) in [6.07, 6.45) is 5.97. The Bertz CT molecular complexity index is 291. The Kier molecular flexibility index (Phi) is 2.52. The van der Waals surface area contributed by atoms with Crippen molar-refractivity contribution in [1.29, 1.82) is 0 Å². The number of hydrogen-bond acceptors (Lipinski definition) is 4. The second kappa shape index (κ2) is 3.82. The largest absolute Gasteiger partial charge is 0.474 e. The predicted molar refractivity (Wildman–Crippen MR) is 54.4 cm³/mol. The highest BCUT2D eigenvalue weighted by atomic mass is 16.5. The highest BCUT2D eigenvalue weighted by molar-refractivity contribution is 5.35. The first-order chi connectivity index (χ1) is 6.74. The highest BCUT2D eigenvalue weighted by Gasteiger charge is 2.21. The van der Waals surface area contributed by atoms with Gasteiger partial charge in [0.1, 0.15) is 5.82 Å². The van der Waals surface area contributed by atoms with Crippen molar-refractivity contribution in [1.82, 2.24) is 9.97 Å². The molecule has 1 heterocycles. The van der Waals surface area contributed by atoms with Crippen molar-refractivity contribution in [2.75, 3.05) is 5.32 Å². The molecule has 4 heteroatoms. The van der Waals surface area contributed by atoms with Gasteiger partial charge in [-0.2, -0.15) is 4.98 Å². The molecule has 0 unspecified atom stereocenters. The van der Waals surface area contributed by atoms with Crippen molar-refractivity contribution < 1.29 is 4.74 Å². The smallest absolute Gasteiger partial charge is 0.234 e. The number of nitrogens with one attached hydrogen (secondary N) is 1. The van der Waals surface area contributed by atoms with E-state index in [4.69, 9.17) is 4.74 Å². The van der Waals surface area contributed by atoms with E-state index in [0.717, 1.165) is 5.82 Å². The topological polar surface area (TPSA) is 47.0 Å². The lowest BCUT2D eigenvalue weighted by Gasteiger charge is -2.09. The average molecular weight is 193 g/mol. The van der Waals surface area contributed by atoms with E-state index in [1.807, 2.05) is 13.8 Å². The first-order valence-electron chi connectivity index (χ1n) is 4.99. The molecule has 0 bridgehead atoms. The van der Waals surface area contributed by atoms with Crippen molar-refractivity contribution in [2.45, 2.75) is 38.8 Å². The molecule has 0 radical (unpaired) electrons. The second-order valence-electron chi connectivity index (χ2n) is 3.83. The van der Waals surface area contributed by atoms with E-state index in [1.54, 1.807) is 12.4 Å². The van der Waals surface area contributed by atoms with Crippen LogP contribution in [0.1, 0.15) is 26.7 Å². The van der Waals surface area contributed by atoms with Gasteiger partial charge in [-0.25, -0.2) is 0 Å². The standard InChI is InChI=1S/C10H15N3O/c1-7(2)14-10-6-11-5-9(13-10)12-8-3-4-8/h5-8H,3-4H2,1-2H3,(H,12,13). The number of nitrogens with zero attached hydrogens (tertiary/aromatic N) is 2. The molecule has 0 spiro atoms. The van der Waals surface area contributed by atoms with Gasteiger partial charge in [0.25, 0.3) is 0 Å². The molecular weight excluding hydrogens is 178 g/mol. The van der Waals surface area contributed by atoms with E-state index in [-0.39, 0.29) is 6.10 Å². The molecule has 1 aromatic heterocycles. The van der Waals surface area contributed by atoms with Crippen molar-refractivity contribution in [3.05, 3.63) is 12.4 Å². The molecule has 1 aliphatic carbocycles. The van der Waals surface area contributed by atoms with Crippen LogP contribution in [0.4, 0.5) is 5.82 Å². The third kappa shape index (κ3) is 2.58. The Balaban J connectivity index is 2.01. The van der Waals surface area contributed by atoms with E-state index in [0.29, 0.717) is 11.9 Å². The van der Waals surface area contributed by atoms with Gasteiger partial charge < -0.3 is 10.1 Å². The maximum Gasteiger partial charge on any atom is 0.234 e. The van der Waals surface area contributed by atoms with Crippen LogP contribution in [0.2, 0.25) is 0 Å². The van der Waals surface area contributed by atoms with Gasteiger partial charge in [-0.15, -0.1) is 0 Å². The highest BCUT2D eigenvalue weighted by Crippen LogP contribution is 2.23. The molecule has 0 aliphatic heterocycles. The third-order valence-corrected chi connectivity index (χ3v) is 1.90. The predicted octanol–water partition coefficient (Wildman–Crippen LogP) is 1.84. The van der Waals surface area contributed by atoms with Gasteiger partial charge in [0.2, 0.25) is 5.88 Å². The summed E-state index contributed by atoms with van der Waals surface area (Å²) < 4.78 is 5.44. The Labute approximate surface area is 83.7 Å². The lowest BCUT2D eigenvalue weighted by Crippen LogP contribution is -2.09. The van der Waals surface area contributed by atoms with Crippen molar-refractivity contribution in [3.63, 3.8) is 0 Å². The molecule has 14 heavy (non-hydrogen) atoms. The molecule has 1 fully saturated rings. The van der Waals surface area contributed by atoms with Crippen LogP contribution < -0.4 is 10.1 Å². The molecule has 1 saturated carbocycles. The Morgan fingerprint density at radius 1 is 1.43 bits per heavy atom. The van der Waals surface area contributed by atoms with E-state index in [2.05, 4.69) is 15.3 Å². The van der Waals surface area contributed by atoms with E-state index in [9.17, 15) is 0 Å². The van der Waals surface area contributed by atoms with E-state index in [1.165, 1.54) is 12.8 Å². The summed E-state index contributed by atoms with van der Waals surface area (Å²) in [7, 11) is 0. The lowest BCUT2D eigenvalue weighted by molar-refractivity contribution is 0.232. The summed E-state index contributed by atoms with van der Waals surface area (Å²) in [5.74, 6) is 1.40. The van der Waals surface area contributed by atoms with Gasteiger partial charge in [-0.05, 0) is 26.7 Å². The summed E-state index contributed by atoms with van der Waals surface area (Å²) in [6.45, 7) is 3.95. The van der Waals surface area contributed by atoms with Gasteiger partial charge in [0, 0.05) is 6.04 Å². The number of ether oxygens (including phenoxy) is 1. The normalized spacial score (nSPS) is 15.6. The van der Waals surface area contributed by atoms with Gasteiger partial charge in [0.05, 0.1) is 18.5 Å². The average Bonchev–Trinajstić information content (AvgIpc) is 2.87. The molecule has 1 N–H and O–H groups in total. The molecule has 2 rings (SSSR count). The first kappa shape index (κ1) is 9.24. The second-order valence-corrected chi connectivity index (χ2v) is 3.83. The minimum absolute atomic E-state index is 0.139. The Morgan fingerprint density at radius 3 is 2.86 bits per heavy atom. The van der Waals surface area contributed by atoms with Crippen LogP contribution in [0.25, 0.3) is 0 Å². The monoisotopic (exact) mass is 193 g/mol. The molecule has 1 aromatic rings. The van der Waals surface area contributed by atoms with Crippen LogP contribution in [0.3, 0.4) is 0 Å². The van der Waals surface area contributed by atoms with Crippen molar-refractivity contribution in [3.8, 4) is 5.88 Å². The molecule has 0 aromatic carbocycles. The first-order valence-corrected chi connectivity index (χ1v) is 4.99. The molecule has 1 aliphatic rings. The van der Waals surface area contributed by atoms with Crippen LogP contribution >= 0.6 is 0 Å². The molecule has 0 amide bonds. The molecule has 0 atom stereocenters. The van der Waals surface area contributed by atoms with Crippen LogP contribution in [-0.4, -0.2) is 22.1 Å². The quantitative estimate of drug-likeness (QED) is 0.792. The van der Waals surface area contributed by atoms with E-state index < -0.39 is 0 Å². The molecule has 76 valence electrons. The fourth-order valence-electron chi connectivity index (χ4n) is 1.15.